The van der Waals surface area contributed by atoms with Crippen LogP contribution in [0.1, 0.15) is 19.3 Å². The average Bonchev–Trinajstić information content (AvgIpc) is 2.96. The monoisotopic (exact) mass is 275 g/mol. The third kappa shape index (κ3) is 3.36. The zero-order chi connectivity index (χ0) is 12.9. The topological polar surface area (TPSA) is 51.0 Å². The van der Waals surface area contributed by atoms with E-state index in [4.69, 9.17) is 4.42 Å². The molecule has 2 aromatic rings. The van der Waals surface area contributed by atoms with E-state index in [2.05, 4.69) is 15.5 Å². The van der Waals surface area contributed by atoms with E-state index >= 15 is 0 Å². The first-order valence-corrected chi connectivity index (χ1v) is 7.65. The summed E-state index contributed by atoms with van der Waals surface area (Å²) in [4.78, 5) is 0. The SMILES string of the molecule is c1ccc(-c2nnc(SCC3CCCCN3)o2)cc1. The van der Waals surface area contributed by atoms with Gasteiger partial charge >= 0.3 is 0 Å². The van der Waals surface area contributed by atoms with Crippen LogP contribution in [-0.4, -0.2) is 28.5 Å². The summed E-state index contributed by atoms with van der Waals surface area (Å²) in [6.45, 7) is 1.13. The van der Waals surface area contributed by atoms with Gasteiger partial charge in [-0.25, -0.2) is 0 Å². The zero-order valence-corrected chi connectivity index (χ0v) is 11.5. The smallest absolute Gasteiger partial charge is 0.276 e. The molecule has 2 heterocycles. The Balaban J connectivity index is 1.59. The lowest BCUT2D eigenvalue weighted by Crippen LogP contribution is -2.35. The number of rotatable bonds is 4. The summed E-state index contributed by atoms with van der Waals surface area (Å²) in [6, 6.07) is 10.4. The molecular weight excluding hydrogens is 258 g/mol. The maximum Gasteiger partial charge on any atom is 0.276 e. The van der Waals surface area contributed by atoms with Gasteiger partial charge in [0.2, 0.25) is 5.89 Å². The molecule has 1 aromatic heterocycles. The number of piperidine rings is 1. The van der Waals surface area contributed by atoms with Gasteiger partial charge in [0.1, 0.15) is 0 Å². The lowest BCUT2D eigenvalue weighted by molar-refractivity contribution is 0.426. The highest BCUT2D eigenvalue weighted by Gasteiger charge is 2.15. The second kappa shape index (κ2) is 6.21. The normalized spacial score (nSPS) is 19.5. The predicted octanol–water partition coefficient (Wildman–Crippen LogP) is 2.97. The molecule has 1 saturated heterocycles. The summed E-state index contributed by atoms with van der Waals surface area (Å²) < 4.78 is 5.67. The number of aromatic nitrogens is 2. The molecule has 19 heavy (non-hydrogen) atoms. The van der Waals surface area contributed by atoms with Gasteiger partial charge in [-0.05, 0) is 31.5 Å². The third-order valence-corrected chi connectivity index (χ3v) is 4.23. The molecule has 0 saturated carbocycles. The van der Waals surface area contributed by atoms with Crippen LogP contribution in [0, 0.1) is 0 Å². The van der Waals surface area contributed by atoms with Crippen LogP contribution in [-0.2, 0) is 0 Å². The first-order valence-electron chi connectivity index (χ1n) is 6.67. The maximum atomic E-state index is 5.67. The zero-order valence-electron chi connectivity index (χ0n) is 10.7. The van der Waals surface area contributed by atoms with Crippen LogP contribution in [0.5, 0.6) is 0 Å². The molecule has 100 valence electrons. The van der Waals surface area contributed by atoms with Crippen molar-refractivity contribution in [2.24, 2.45) is 0 Å². The van der Waals surface area contributed by atoms with Gasteiger partial charge in [-0.1, -0.05) is 36.4 Å². The van der Waals surface area contributed by atoms with Gasteiger partial charge in [0, 0.05) is 17.4 Å². The van der Waals surface area contributed by atoms with Gasteiger partial charge in [-0.2, -0.15) is 0 Å². The Kier molecular flexibility index (Phi) is 4.15. The Morgan fingerprint density at radius 1 is 1.21 bits per heavy atom. The molecule has 0 amide bonds. The molecule has 3 rings (SSSR count). The van der Waals surface area contributed by atoms with Crippen molar-refractivity contribution in [1.29, 1.82) is 0 Å². The number of benzene rings is 1. The fourth-order valence-electron chi connectivity index (χ4n) is 2.20. The van der Waals surface area contributed by atoms with Gasteiger partial charge in [-0.15, -0.1) is 10.2 Å². The Labute approximate surface area is 117 Å². The van der Waals surface area contributed by atoms with Gasteiger partial charge in [0.25, 0.3) is 5.22 Å². The average molecular weight is 275 g/mol. The van der Waals surface area contributed by atoms with E-state index in [1.807, 2.05) is 30.3 Å². The summed E-state index contributed by atoms with van der Waals surface area (Å²) in [5.41, 5.74) is 0.970. The molecule has 5 heteroatoms. The highest BCUT2D eigenvalue weighted by atomic mass is 32.2. The molecule has 1 N–H and O–H groups in total. The molecule has 1 unspecified atom stereocenters. The minimum absolute atomic E-state index is 0.575. The maximum absolute atomic E-state index is 5.67. The molecule has 0 bridgehead atoms. The highest BCUT2D eigenvalue weighted by molar-refractivity contribution is 7.99. The summed E-state index contributed by atoms with van der Waals surface area (Å²) in [6.07, 6.45) is 3.85. The van der Waals surface area contributed by atoms with Crippen LogP contribution in [0.4, 0.5) is 0 Å². The van der Waals surface area contributed by atoms with Gasteiger partial charge < -0.3 is 9.73 Å². The van der Waals surface area contributed by atoms with Gasteiger partial charge in [-0.3, -0.25) is 0 Å². The second-order valence-electron chi connectivity index (χ2n) is 4.70. The third-order valence-electron chi connectivity index (χ3n) is 3.25. The Hall–Kier alpha value is -1.33. The van der Waals surface area contributed by atoms with Gasteiger partial charge in [0.15, 0.2) is 0 Å². The Bertz CT molecular complexity index is 508. The van der Waals surface area contributed by atoms with Crippen LogP contribution >= 0.6 is 11.8 Å². The quantitative estimate of drug-likeness (QED) is 0.869. The summed E-state index contributed by atoms with van der Waals surface area (Å²) in [5.74, 6) is 1.59. The van der Waals surface area contributed by atoms with E-state index in [1.165, 1.54) is 19.3 Å². The van der Waals surface area contributed by atoms with E-state index in [0.29, 0.717) is 17.2 Å². The molecule has 0 aliphatic carbocycles. The minimum atomic E-state index is 0.575. The van der Waals surface area contributed by atoms with Crippen LogP contribution in [0.15, 0.2) is 40.0 Å². The number of nitrogens with one attached hydrogen (secondary N) is 1. The van der Waals surface area contributed by atoms with Crippen molar-refractivity contribution in [3.63, 3.8) is 0 Å². The lowest BCUT2D eigenvalue weighted by Gasteiger charge is -2.22. The molecule has 1 fully saturated rings. The van der Waals surface area contributed by atoms with Crippen molar-refractivity contribution >= 4 is 11.8 Å². The van der Waals surface area contributed by atoms with Crippen LogP contribution in [0.2, 0.25) is 0 Å². The van der Waals surface area contributed by atoms with E-state index in [-0.39, 0.29) is 0 Å². The second-order valence-corrected chi connectivity index (χ2v) is 5.67. The van der Waals surface area contributed by atoms with E-state index in [1.54, 1.807) is 11.8 Å². The highest BCUT2D eigenvalue weighted by Crippen LogP contribution is 2.24. The standard InChI is InChI=1S/C14H17N3OS/c1-2-6-11(7-3-1)13-16-17-14(18-13)19-10-12-8-4-5-9-15-12/h1-3,6-7,12,15H,4-5,8-10H2. The van der Waals surface area contributed by atoms with Gasteiger partial charge in [0.05, 0.1) is 0 Å². The van der Waals surface area contributed by atoms with Crippen LogP contribution in [0.25, 0.3) is 11.5 Å². The van der Waals surface area contributed by atoms with Crippen molar-refractivity contribution in [1.82, 2.24) is 15.5 Å². The predicted molar refractivity (Wildman–Crippen MR) is 76.1 cm³/mol. The summed E-state index contributed by atoms with van der Waals surface area (Å²) in [7, 11) is 0. The van der Waals surface area contributed by atoms with Crippen LogP contribution in [0.3, 0.4) is 0 Å². The molecule has 1 aliphatic rings. The van der Waals surface area contributed by atoms with Crippen LogP contribution < -0.4 is 5.32 Å². The first-order chi connectivity index (χ1) is 9.42. The molecule has 1 aromatic carbocycles. The van der Waals surface area contributed by atoms with Crippen molar-refractivity contribution in [3.8, 4) is 11.5 Å². The number of hydrogen-bond acceptors (Lipinski definition) is 5. The molecule has 0 radical (unpaired) electrons. The number of hydrogen-bond donors (Lipinski definition) is 1. The molecular formula is C14H17N3OS. The van der Waals surface area contributed by atoms with E-state index in [9.17, 15) is 0 Å². The number of thioether (sulfide) groups is 1. The lowest BCUT2D eigenvalue weighted by atomic mass is 10.1. The Morgan fingerprint density at radius 3 is 2.89 bits per heavy atom. The molecule has 1 aliphatic heterocycles. The first kappa shape index (κ1) is 12.7. The molecule has 4 nitrogen and oxygen atoms in total. The fraction of sp³-hybridized carbons (Fsp3) is 0.429. The number of nitrogens with zero attached hydrogens (tertiary/aromatic N) is 2. The van der Waals surface area contributed by atoms with Crippen molar-refractivity contribution in [2.75, 3.05) is 12.3 Å². The van der Waals surface area contributed by atoms with Crippen molar-refractivity contribution < 1.29 is 4.42 Å². The summed E-state index contributed by atoms with van der Waals surface area (Å²) in [5, 5.41) is 12.4. The van der Waals surface area contributed by atoms with Crippen molar-refractivity contribution in [3.05, 3.63) is 30.3 Å². The van der Waals surface area contributed by atoms with Crippen molar-refractivity contribution in [2.45, 2.75) is 30.5 Å². The van der Waals surface area contributed by atoms with E-state index < -0.39 is 0 Å². The molecule has 0 spiro atoms. The fourth-order valence-corrected chi connectivity index (χ4v) is 3.07. The summed E-state index contributed by atoms with van der Waals surface area (Å²) >= 11 is 1.64. The Morgan fingerprint density at radius 2 is 2.11 bits per heavy atom. The minimum Gasteiger partial charge on any atom is -0.411 e. The largest absolute Gasteiger partial charge is 0.411 e. The van der Waals surface area contributed by atoms with E-state index in [0.717, 1.165) is 17.9 Å². The molecule has 1 atom stereocenters.